The van der Waals surface area contributed by atoms with Gasteiger partial charge in [0.15, 0.2) is 0 Å². The molecule has 2 amide bonds. The SMILES string of the molecule is O=C(CC1CC1)N1CC[C@@H]2[C@@H](CCC(=O)N2CCC2=CCCCC2)C1. The van der Waals surface area contributed by atoms with Crippen LogP contribution in [0.4, 0.5) is 0 Å². The predicted molar refractivity (Wildman–Crippen MR) is 97.9 cm³/mol. The number of rotatable bonds is 5. The van der Waals surface area contributed by atoms with Crippen molar-refractivity contribution in [2.45, 2.75) is 76.7 Å². The minimum absolute atomic E-state index is 0.343. The maximum atomic E-state index is 12.5. The fourth-order valence-electron chi connectivity index (χ4n) is 4.96. The van der Waals surface area contributed by atoms with E-state index in [4.69, 9.17) is 0 Å². The van der Waals surface area contributed by atoms with Crippen LogP contribution in [-0.2, 0) is 9.59 Å². The first-order chi connectivity index (χ1) is 12.2. The lowest BCUT2D eigenvalue weighted by molar-refractivity contribution is -0.144. The number of carbonyl (C=O) groups excluding carboxylic acids is 2. The number of hydrogen-bond donors (Lipinski definition) is 0. The zero-order valence-electron chi connectivity index (χ0n) is 15.4. The fraction of sp³-hybridized carbons (Fsp3) is 0.810. The van der Waals surface area contributed by atoms with Gasteiger partial charge in [0, 0.05) is 38.5 Å². The molecular weight excluding hydrogens is 312 g/mol. The van der Waals surface area contributed by atoms with Crippen molar-refractivity contribution >= 4 is 11.8 Å². The van der Waals surface area contributed by atoms with Crippen LogP contribution in [0.1, 0.15) is 70.6 Å². The van der Waals surface area contributed by atoms with Gasteiger partial charge in [-0.3, -0.25) is 9.59 Å². The summed E-state index contributed by atoms with van der Waals surface area (Å²) in [6, 6.07) is 0.371. The van der Waals surface area contributed by atoms with E-state index in [-0.39, 0.29) is 0 Å². The van der Waals surface area contributed by atoms with Gasteiger partial charge < -0.3 is 9.80 Å². The highest BCUT2D eigenvalue weighted by Gasteiger charge is 2.40. The topological polar surface area (TPSA) is 40.6 Å². The van der Waals surface area contributed by atoms with Gasteiger partial charge in [0.25, 0.3) is 0 Å². The van der Waals surface area contributed by atoms with Crippen molar-refractivity contribution in [3.63, 3.8) is 0 Å². The molecule has 0 radical (unpaired) electrons. The Bertz CT molecular complexity index is 552. The average Bonchev–Trinajstić information content (AvgIpc) is 3.45. The maximum absolute atomic E-state index is 12.5. The average molecular weight is 344 g/mol. The Kier molecular flexibility index (Phi) is 5.14. The van der Waals surface area contributed by atoms with E-state index in [1.54, 1.807) is 5.57 Å². The van der Waals surface area contributed by atoms with Crippen molar-refractivity contribution in [3.05, 3.63) is 11.6 Å². The van der Waals surface area contributed by atoms with Crippen LogP contribution in [-0.4, -0.2) is 47.3 Å². The molecule has 2 heterocycles. The number of nitrogens with zero attached hydrogens (tertiary/aromatic N) is 2. The second-order valence-electron chi connectivity index (χ2n) is 8.59. The Hall–Kier alpha value is -1.32. The van der Waals surface area contributed by atoms with E-state index in [0.29, 0.717) is 36.1 Å². The number of carbonyl (C=O) groups is 2. The molecule has 0 aromatic heterocycles. The molecule has 0 aromatic rings. The summed E-state index contributed by atoms with van der Waals surface area (Å²) in [7, 11) is 0. The van der Waals surface area contributed by atoms with E-state index in [0.717, 1.165) is 45.3 Å². The molecule has 1 saturated carbocycles. The van der Waals surface area contributed by atoms with Gasteiger partial charge in [-0.15, -0.1) is 0 Å². The molecule has 4 heteroatoms. The number of fused-ring (bicyclic) bond motifs is 1. The van der Waals surface area contributed by atoms with Crippen molar-refractivity contribution in [3.8, 4) is 0 Å². The molecule has 0 spiro atoms. The molecule has 0 bridgehead atoms. The van der Waals surface area contributed by atoms with Crippen LogP contribution in [0.3, 0.4) is 0 Å². The minimum atomic E-state index is 0.343. The zero-order valence-corrected chi connectivity index (χ0v) is 15.4. The molecule has 2 aliphatic carbocycles. The molecule has 2 atom stereocenters. The second-order valence-corrected chi connectivity index (χ2v) is 8.59. The van der Waals surface area contributed by atoms with Crippen LogP contribution >= 0.6 is 0 Å². The van der Waals surface area contributed by atoms with Crippen molar-refractivity contribution in [1.29, 1.82) is 0 Å². The van der Waals surface area contributed by atoms with Gasteiger partial charge in [-0.1, -0.05) is 11.6 Å². The highest BCUT2D eigenvalue weighted by molar-refractivity contribution is 5.78. The Morgan fingerprint density at radius 3 is 2.76 bits per heavy atom. The fourth-order valence-corrected chi connectivity index (χ4v) is 4.96. The second kappa shape index (κ2) is 7.51. The largest absolute Gasteiger partial charge is 0.342 e. The maximum Gasteiger partial charge on any atom is 0.222 e. The van der Waals surface area contributed by atoms with Crippen LogP contribution in [0.15, 0.2) is 11.6 Å². The van der Waals surface area contributed by atoms with Crippen molar-refractivity contribution in [2.24, 2.45) is 11.8 Å². The summed E-state index contributed by atoms with van der Waals surface area (Å²) < 4.78 is 0. The molecule has 0 unspecified atom stereocenters. The van der Waals surface area contributed by atoms with Crippen LogP contribution < -0.4 is 0 Å². The molecule has 4 aliphatic rings. The van der Waals surface area contributed by atoms with Crippen molar-refractivity contribution in [1.82, 2.24) is 9.80 Å². The summed E-state index contributed by atoms with van der Waals surface area (Å²) in [5.41, 5.74) is 1.55. The Morgan fingerprint density at radius 2 is 2.00 bits per heavy atom. The first-order valence-corrected chi connectivity index (χ1v) is 10.5. The third-order valence-corrected chi connectivity index (χ3v) is 6.72. The molecule has 4 nitrogen and oxygen atoms in total. The highest BCUT2D eigenvalue weighted by Crippen LogP contribution is 2.35. The highest BCUT2D eigenvalue weighted by atomic mass is 16.2. The van der Waals surface area contributed by atoms with Gasteiger partial charge in [0.1, 0.15) is 0 Å². The van der Waals surface area contributed by atoms with Gasteiger partial charge in [-0.05, 0) is 69.6 Å². The third kappa shape index (κ3) is 4.09. The van der Waals surface area contributed by atoms with E-state index >= 15 is 0 Å². The number of allylic oxidation sites excluding steroid dienone is 1. The number of piperidine rings is 2. The smallest absolute Gasteiger partial charge is 0.222 e. The van der Waals surface area contributed by atoms with Gasteiger partial charge in [-0.2, -0.15) is 0 Å². The lowest BCUT2D eigenvalue weighted by Gasteiger charge is -2.47. The third-order valence-electron chi connectivity index (χ3n) is 6.72. The van der Waals surface area contributed by atoms with Crippen LogP contribution in [0, 0.1) is 11.8 Å². The summed E-state index contributed by atoms with van der Waals surface area (Å²) in [6.45, 7) is 2.61. The summed E-state index contributed by atoms with van der Waals surface area (Å²) in [6.07, 6.45) is 14.4. The number of likely N-dealkylation sites (tertiary alicyclic amines) is 2. The monoisotopic (exact) mass is 344 g/mol. The molecular formula is C21H32N2O2. The van der Waals surface area contributed by atoms with E-state index in [9.17, 15) is 9.59 Å². The quantitative estimate of drug-likeness (QED) is 0.716. The number of hydrogen-bond acceptors (Lipinski definition) is 2. The van der Waals surface area contributed by atoms with E-state index in [1.807, 2.05) is 0 Å². The molecule has 138 valence electrons. The van der Waals surface area contributed by atoms with E-state index in [1.165, 1.54) is 38.5 Å². The zero-order chi connectivity index (χ0) is 17.2. The minimum Gasteiger partial charge on any atom is -0.342 e. The number of amides is 2. The molecule has 25 heavy (non-hydrogen) atoms. The summed E-state index contributed by atoms with van der Waals surface area (Å²) in [5.74, 6) is 1.86. The van der Waals surface area contributed by atoms with E-state index in [2.05, 4.69) is 15.9 Å². The summed E-state index contributed by atoms with van der Waals surface area (Å²) >= 11 is 0. The molecule has 4 rings (SSSR count). The van der Waals surface area contributed by atoms with Crippen LogP contribution in [0.5, 0.6) is 0 Å². The standard InChI is InChI=1S/C21H32N2O2/c24-20-9-8-18-15-22(21(25)14-17-6-7-17)12-11-19(18)23(20)13-10-16-4-2-1-3-5-16/h4,17-19H,1-3,5-15H2/t18-,19+/m0/s1. The Labute approximate surface area is 151 Å². The first-order valence-electron chi connectivity index (χ1n) is 10.5. The van der Waals surface area contributed by atoms with Gasteiger partial charge in [0.2, 0.25) is 11.8 Å². The van der Waals surface area contributed by atoms with Crippen LogP contribution in [0.2, 0.25) is 0 Å². The first kappa shape index (κ1) is 17.1. The summed E-state index contributed by atoms with van der Waals surface area (Å²) in [5, 5.41) is 0. The predicted octanol–water partition coefficient (Wildman–Crippen LogP) is 3.52. The van der Waals surface area contributed by atoms with Gasteiger partial charge >= 0.3 is 0 Å². The molecule has 3 fully saturated rings. The molecule has 2 saturated heterocycles. The normalized spacial score (nSPS) is 30.1. The van der Waals surface area contributed by atoms with Gasteiger partial charge in [-0.25, -0.2) is 0 Å². The Morgan fingerprint density at radius 1 is 1.12 bits per heavy atom. The van der Waals surface area contributed by atoms with Crippen molar-refractivity contribution in [2.75, 3.05) is 19.6 Å². The lowest BCUT2D eigenvalue weighted by Crippen LogP contribution is -2.57. The molecule has 2 aliphatic heterocycles. The molecule has 0 N–H and O–H groups in total. The van der Waals surface area contributed by atoms with Crippen molar-refractivity contribution < 1.29 is 9.59 Å². The van der Waals surface area contributed by atoms with Gasteiger partial charge in [0.05, 0.1) is 0 Å². The lowest BCUT2D eigenvalue weighted by atomic mass is 9.83. The van der Waals surface area contributed by atoms with Crippen LogP contribution in [0.25, 0.3) is 0 Å². The Balaban J connectivity index is 1.34. The summed E-state index contributed by atoms with van der Waals surface area (Å²) in [4.78, 5) is 29.2. The molecule has 0 aromatic carbocycles. The van der Waals surface area contributed by atoms with E-state index < -0.39 is 0 Å².